The van der Waals surface area contributed by atoms with Crippen LogP contribution in [0.3, 0.4) is 0 Å². The van der Waals surface area contributed by atoms with Crippen molar-refractivity contribution in [2.45, 2.75) is 6.92 Å². The number of hydrogen-bond donors (Lipinski definition) is 2. The summed E-state index contributed by atoms with van der Waals surface area (Å²) in [6.45, 7) is 1.75. The Kier molecular flexibility index (Phi) is 3.83. The van der Waals surface area contributed by atoms with E-state index in [0.717, 1.165) is 11.0 Å². The average Bonchev–Trinajstić information content (AvgIpc) is 3.11. The molecule has 0 saturated carbocycles. The first-order valence-electron chi connectivity index (χ1n) is 6.89. The molecule has 3 rings (SSSR count). The molecule has 0 bridgehead atoms. The number of nitrogens with zero attached hydrogens (tertiary/aromatic N) is 3. The first kappa shape index (κ1) is 15.2. The summed E-state index contributed by atoms with van der Waals surface area (Å²) in [7, 11) is 3.36. The number of nitrogens with one attached hydrogen (secondary N) is 2. The number of aromatic amines is 1. The number of aryl methyl sites for hydroxylation is 1. The number of carbonyl (C=O) groups excluding carboxylic acids is 2. The monoisotopic (exact) mass is 329 g/mol. The topological polar surface area (TPSA) is 91.0 Å². The van der Waals surface area contributed by atoms with Gasteiger partial charge in [0.15, 0.2) is 5.13 Å². The number of imidazole rings is 1. The van der Waals surface area contributed by atoms with E-state index in [-0.39, 0.29) is 11.8 Å². The van der Waals surface area contributed by atoms with E-state index in [1.54, 1.807) is 45.5 Å². The van der Waals surface area contributed by atoms with Crippen LogP contribution in [0, 0.1) is 6.92 Å². The fourth-order valence-corrected chi connectivity index (χ4v) is 3.08. The van der Waals surface area contributed by atoms with Gasteiger partial charge in [0.1, 0.15) is 4.88 Å². The standard InChI is InChI=1S/C15H15N5O2S/c1-8-12(14(22)20(2)3)23-15(18-8)19-13(21)9-4-5-10-11(6-9)17-7-16-10/h4-7H,1-3H3,(H,16,17)(H,18,19,21). The molecule has 3 aromatic rings. The molecule has 2 heterocycles. The van der Waals surface area contributed by atoms with Crippen LogP contribution >= 0.6 is 11.3 Å². The molecule has 118 valence electrons. The molecule has 2 amide bonds. The largest absolute Gasteiger partial charge is 0.345 e. The quantitative estimate of drug-likeness (QED) is 0.771. The van der Waals surface area contributed by atoms with E-state index in [4.69, 9.17) is 0 Å². The van der Waals surface area contributed by atoms with Crippen molar-refractivity contribution in [1.29, 1.82) is 0 Å². The molecular weight excluding hydrogens is 314 g/mol. The fourth-order valence-electron chi connectivity index (χ4n) is 2.10. The number of amides is 2. The van der Waals surface area contributed by atoms with E-state index in [9.17, 15) is 9.59 Å². The third-order valence-electron chi connectivity index (χ3n) is 3.30. The predicted octanol–water partition coefficient (Wildman–Crippen LogP) is 2.28. The van der Waals surface area contributed by atoms with Gasteiger partial charge in [0.05, 0.1) is 23.1 Å². The number of H-pyrrole nitrogens is 1. The van der Waals surface area contributed by atoms with E-state index in [2.05, 4.69) is 20.3 Å². The number of hydrogen-bond acceptors (Lipinski definition) is 5. The van der Waals surface area contributed by atoms with Gasteiger partial charge < -0.3 is 9.88 Å². The van der Waals surface area contributed by atoms with E-state index in [0.29, 0.717) is 21.3 Å². The zero-order valence-corrected chi connectivity index (χ0v) is 13.7. The third kappa shape index (κ3) is 2.93. The van der Waals surface area contributed by atoms with E-state index in [1.807, 2.05) is 0 Å². The molecule has 7 nitrogen and oxygen atoms in total. The Labute approximate surface area is 136 Å². The number of carbonyl (C=O) groups is 2. The van der Waals surface area contributed by atoms with Crippen molar-refractivity contribution in [2.24, 2.45) is 0 Å². The van der Waals surface area contributed by atoms with Crippen LogP contribution < -0.4 is 5.32 Å². The van der Waals surface area contributed by atoms with Crippen molar-refractivity contribution >= 4 is 39.3 Å². The second-order valence-electron chi connectivity index (χ2n) is 5.22. The number of thiazole rings is 1. The number of benzene rings is 1. The number of aromatic nitrogens is 3. The van der Waals surface area contributed by atoms with Crippen LogP contribution in [0.4, 0.5) is 5.13 Å². The van der Waals surface area contributed by atoms with Crippen molar-refractivity contribution in [1.82, 2.24) is 19.9 Å². The van der Waals surface area contributed by atoms with E-state index >= 15 is 0 Å². The van der Waals surface area contributed by atoms with Crippen molar-refractivity contribution in [2.75, 3.05) is 19.4 Å². The van der Waals surface area contributed by atoms with Gasteiger partial charge in [-0.25, -0.2) is 9.97 Å². The summed E-state index contributed by atoms with van der Waals surface area (Å²) in [6, 6.07) is 5.20. The van der Waals surface area contributed by atoms with Gasteiger partial charge in [0, 0.05) is 19.7 Å². The normalized spacial score (nSPS) is 10.7. The molecule has 2 N–H and O–H groups in total. The summed E-state index contributed by atoms with van der Waals surface area (Å²) < 4.78 is 0. The molecular formula is C15H15N5O2S. The van der Waals surface area contributed by atoms with Gasteiger partial charge in [-0.1, -0.05) is 11.3 Å². The third-order valence-corrected chi connectivity index (χ3v) is 4.36. The smallest absolute Gasteiger partial charge is 0.265 e. The number of rotatable bonds is 3. The van der Waals surface area contributed by atoms with Gasteiger partial charge in [-0.3, -0.25) is 14.9 Å². The SMILES string of the molecule is Cc1nc(NC(=O)c2ccc3nc[nH]c3c2)sc1C(=O)N(C)C. The summed E-state index contributed by atoms with van der Waals surface area (Å²) in [4.78, 5) is 37.7. The van der Waals surface area contributed by atoms with Crippen LogP contribution in [0.25, 0.3) is 11.0 Å². The second-order valence-corrected chi connectivity index (χ2v) is 6.22. The molecule has 0 fully saturated rings. The van der Waals surface area contributed by atoms with Crippen LogP contribution in [0.2, 0.25) is 0 Å². The van der Waals surface area contributed by atoms with Crippen LogP contribution in [-0.2, 0) is 0 Å². The molecule has 0 aliphatic carbocycles. The lowest BCUT2D eigenvalue weighted by molar-refractivity contribution is 0.0831. The summed E-state index contributed by atoms with van der Waals surface area (Å²) >= 11 is 1.17. The molecule has 0 atom stereocenters. The lowest BCUT2D eigenvalue weighted by Gasteiger charge is -2.07. The highest BCUT2D eigenvalue weighted by Crippen LogP contribution is 2.24. The Hall–Kier alpha value is -2.74. The second kappa shape index (κ2) is 5.81. The van der Waals surface area contributed by atoms with Crippen LogP contribution in [0.15, 0.2) is 24.5 Å². The Balaban J connectivity index is 1.82. The molecule has 0 radical (unpaired) electrons. The first-order chi connectivity index (χ1) is 11.0. The summed E-state index contributed by atoms with van der Waals surface area (Å²) in [5, 5.41) is 3.14. The van der Waals surface area contributed by atoms with Crippen LogP contribution in [0.5, 0.6) is 0 Å². The number of fused-ring (bicyclic) bond motifs is 1. The first-order valence-corrected chi connectivity index (χ1v) is 7.71. The lowest BCUT2D eigenvalue weighted by Crippen LogP contribution is -2.21. The molecule has 0 unspecified atom stereocenters. The Morgan fingerprint density at radius 3 is 2.83 bits per heavy atom. The molecule has 8 heteroatoms. The minimum atomic E-state index is -0.279. The average molecular weight is 329 g/mol. The van der Waals surface area contributed by atoms with E-state index in [1.165, 1.54) is 16.2 Å². The van der Waals surface area contributed by atoms with Crippen molar-refractivity contribution in [3.05, 3.63) is 40.7 Å². The predicted molar refractivity (Wildman–Crippen MR) is 88.9 cm³/mol. The van der Waals surface area contributed by atoms with E-state index < -0.39 is 0 Å². The zero-order chi connectivity index (χ0) is 16.6. The summed E-state index contributed by atoms with van der Waals surface area (Å²) in [5.74, 6) is -0.404. The summed E-state index contributed by atoms with van der Waals surface area (Å²) in [6.07, 6.45) is 1.58. The van der Waals surface area contributed by atoms with Crippen molar-refractivity contribution in [3.63, 3.8) is 0 Å². The molecule has 0 spiro atoms. The van der Waals surface area contributed by atoms with Crippen LogP contribution in [-0.4, -0.2) is 45.8 Å². The minimum absolute atomic E-state index is 0.126. The van der Waals surface area contributed by atoms with Gasteiger partial charge in [-0.15, -0.1) is 0 Å². The highest BCUT2D eigenvalue weighted by atomic mass is 32.1. The van der Waals surface area contributed by atoms with Gasteiger partial charge in [0.25, 0.3) is 11.8 Å². The van der Waals surface area contributed by atoms with Gasteiger partial charge in [0.2, 0.25) is 0 Å². The molecule has 0 aliphatic rings. The van der Waals surface area contributed by atoms with Crippen molar-refractivity contribution in [3.8, 4) is 0 Å². The highest BCUT2D eigenvalue weighted by Gasteiger charge is 2.18. The highest BCUT2D eigenvalue weighted by molar-refractivity contribution is 7.17. The van der Waals surface area contributed by atoms with Gasteiger partial charge in [-0.05, 0) is 25.1 Å². The van der Waals surface area contributed by atoms with Crippen LogP contribution in [0.1, 0.15) is 25.7 Å². The fraction of sp³-hybridized carbons (Fsp3) is 0.200. The molecule has 23 heavy (non-hydrogen) atoms. The molecule has 1 aromatic carbocycles. The molecule has 0 aliphatic heterocycles. The molecule has 0 saturated heterocycles. The Bertz CT molecular complexity index is 896. The Morgan fingerprint density at radius 1 is 1.30 bits per heavy atom. The molecule has 2 aromatic heterocycles. The van der Waals surface area contributed by atoms with Gasteiger partial charge in [-0.2, -0.15) is 0 Å². The lowest BCUT2D eigenvalue weighted by atomic mass is 10.2. The van der Waals surface area contributed by atoms with Crippen molar-refractivity contribution < 1.29 is 9.59 Å². The maximum absolute atomic E-state index is 12.3. The number of anilines is 1. The zero-order valence-electron chi connectivity index (χ0n) is 12.9. The Morgan fingerprint density at radius 2 is 2.09 bits per heavy atom. The summed E-state index contributed by atoms with van der Waals surface area (Å²) in [5.41, 5.74) is 2.69. The maximum Gasteiger partial charge on any atom is 0.265 e. The van der Waals surface area contributed by atoms with Gasteiger partial charge >= 0.3 is 0 Å². The minimum Gasteiger partial charge on any atom is -0.345 e. The maximum atomic E-state index is 12.3.